The Morgan fingerprint density at radius 3 is 2.36 bits per heavy atom. The van der Waals surface area contributed by atoms with Crippen LogP contribution in [-0.2, 0) is 6.54 Å². The number of hydrogen-bond donors (Lipinski definition) is 1. The third-order valence-corrected chi connectivity index (χ3v) is 4.99. The molecule has 1 aromatic carbocycles. The van der Waals surface area contributed by atoms with Crippen molar-refractivity contribution in [2.75, 3.05) is 14.1 Å². The Morgan fingerprint density at radius 2 is 1.86 bits per heavy atom. The van der Waals surface area contributed by atoms with Crippen molar-refractivity contribution in [2.45, 2.75) is 51.7 Å². The fourth-order valence-electron chi connectivity index (χ4n) is 3.70. The molecule has 1 aliphatic carbocycles. The van der Waals surface area contributed by atoms with Crippen LogP contribution in [0, 0.1) is 5.41 Å². The van der Waals surface area contributed by atoms with Gasteiger partial charge in [0.15, 0.2) is 0 Å². The SMILES string of the molecule is CN(C)C1CCC(N(Cc2ccccc2)C(=O)O)C(C)(C)C1. The van der Waals surface area contributed by atoms with Crippen LogP contribution >= 0.6 is 0 Å². The zero-order valence-corrected chi connectivity index (χ0v) is 14.1. The first-order valence-electron chi connectivity index (χ1n) is 8.01. The largest absolute Gasteiger partial charge is 0.465 e. The van der Waals surface area contributed by atoms with Gasteiger partial charge in [-0.15, -0.1) is 0 Å². The molecule has 1 aliphatic rings. The van der Waals surface area contributed by atoms with Crippen LogP contribution in [0.5, 0.6) is 0 Å². The second-order valence-corrected chi connectivity index (χ2v) is 7.30. The van der Waals surface area contributed by atoms with Crippen molar-refractivity contribution in [2.24, 2.45) is 5.41 Å². The highest BCUT2D eigenvalue weighted by Gasteiger charge is 2.42. The van der Waals surface area contributed by atoms with E-state index in [2.05, 4.69) is 32.8 Å². The van der Waals surface area contributed by atoms with Gasteiger partial charge in [-0.2, -0.15) is 0 Å². The second-order valence-electron chi connectivity index (χ2n) is 7.30. The van der Waals surface area contributed by atoms with Gasteiger partial charge >= 0.3 is 6.09 Å². The van der Waals surface area contributed by atoms with Crippen LogP contribution in [0.1, 0.15) is 38.7 Å². The third kappa shape index (κ3) is 3.80. The Kier molecular flexibility index (Phi) is 5.12. The van der Waals surface area contributed by atoms with Gasteiger partial charge in [-0.1, -0.05) is 44.2 Å². The van der Waals surface area contributed by atoms with Crippen molar-refractivity contribution in [3.8, 4) is 0 Å². The van der Waals surface area contributed by atoms with E-state index in [-0.39, 0.29) is 11.5 Å². The maximum atomic E-state index is 11.8. The molecule has 1 N–H and O–H groups in total. The van der Waals surface area contributed by atoms with Crippen molar-refractivity contribution in [1.82, 2.24) is 9.80 Å². The van der Waals surface area contributed by atoms with Gasteiger partial charge < -0.3 is 14.9 Å². The molecule has 1 fully saturated rings. The maximum Gasteiger partial charge on any atom is 0.407 e. The van der Waals surface area contributed by atoms with E-state index in [9.17, 15) is 9.90 Å². The first kappa shape index (κ1) is 16.8. The molecule has 2 unspecified atom stereocenters. The molecule has 0 saturated heterocycles. The van der Waals surface area contributed by atoms with Crippen molar-refractivity contribution in [3.63, 3.8) is 0 Å². The molecule has 0 bridgehead atoms. The van der Waals surface area contributed by atoms with Crippen molar-refractivity contribution >= 4 is 6.09 Å². The molecule has 22 heavy (non-hydrogen) atoms. The number of nitrogens with zero attached hydrogens (tertiary/aromatic N) is 2. The quantitative estimate of drug-likeness (QED) is 0.923. The minimum absolute atomic E-state index is 0.0135. The maximum absolute atomic E-state index is 11.8. The first-order valence-corrected chi connectivity index (χ1v) is 8.01. The molecule has 0 aliphatic heterocycles. The fourth-order valence-corrected chi connectivity index (χ4v) is 3.70. The molecule has 0 radical (unpaired) electrons. The predicted octanol–water partition coefficient (Wildman–Crippen LogP) is 3.68. The Balaban J connectivity index is 2.16. The molecule has 4 heteroatoms. The Hall–Kier alpha value is -1.55. The van der Waals surface area contributed by atoms with Crippen molar-refractivity contribution < 1.29 is 9.90 Å². The third-order valence-electron chi connectivity index (χ3n) is 4.99. The molecular weight excluding hydrogens is 276 g/mol. The van der Waals surface area contributed by atoms with E-state index in [1.54, 1.807) is 4.90 Å². The highest BCUT2D eigenvalue weighted by Crippen LogP contribution is 2.40. The summed E-state index contributed by atoms with van der Waals surface area (Å²) in [7, 11) is 4.22. The van der Waals surface area contributed by atoms with Gasteiger partial charge in [-0.25, -0.2) is 4.79 Å². The fraction of sp³-hybridized carbons (Fsp3) is 0.611. The summed E-state index contributed by atoms with van der Waals surface area (Å²) in [5, 5.41) is 9.71. The number of benzene rings is 1. The topological polar surface area (TPSA) is 43.8 Å². The van der Waals surface area contributed by atoms with E-state index in [0.29, 0.717) is 12.6 Å². The summed E-state index contributed by atoms with van der Waals surface area (Å²) >= 11 is 0. The lowest BCUT2D eigenvalue weighted by molar-refractivity contribution is 0.0168. The number of carbonyl (C=O) groups is 1. The molecule has 122 valence electrons. The van der Waals surface area contributed by atoms with E-state index in [4.69, 9.17) is 0 Å². The number of amides is 1. The van der Waals surface area contributed by atoms with E-state index < -0.39 is 6.09 Å². The average molecular weight is 304 g/mol. The minimum Gasteiger partial charge on any atom is -0.465 e. The zero-order chi connectivity index (χ0) is 16.3. The summed E-state index contributed by atoms with van der Waals surface area (Å²) in [6.07, 6.45) is 2.20. The van der Waals surface area contributed by atoms with Crippen LogP contribution in [-0.4, -0.2) is 47.2 Å². The summed E-state index contributed by atoms with van der Waals surface area (Å²) in [5.74, 6) is 0. The standard InChI is InChI=1S/C18H28N2O2/c1-18(2)12-15(19(3)4)10-11-16(18)20(17(21)22)13-14-8-6-5-7-9-14/h5-9,15-16H,10-13H2,1-4H3,(H,21,22). The molecule has 4 nitrogen and oxygen atoms in total. The van der Waals surface area contributed by atoms with Gasteiger partial charge in [0.1, 0.15) is 0 Å². The lowest BCUT2D eigenvalue weighted by atomic mass is 9.70. The lowest BCUT2D eigenvalue weighted by Gasteiger charge is -2.48. The molecule has 0 aromatic heterocycles. The van der Waals surface area contributed by atoms with E-state index in [1.807, 2.05) is 30.3 Å². The van der Waals surface area contributed by atoms with Crippen molar-refractivity contribution in [3.05, 3.63) is 35.9 Å². The van der Waals surface area contributed by atoms with Gasteiger partial charge in [-0.3, -0.25) is 0 Å². The zero-order valence-electron chi connectivity index (χ0n) is 14.1. The second kappa shape index (κ2) is 6.69. The Morgan fingerprint density at radius 1 is 1.23 bits per heavy atom. The monoisotopic (exact) mass is 304 g/mol. The summed E-state index contributed by atoms with van der Waals surface area (Å²) in [6, 6.07) is 10.5. The van der Waals surface area contributed by atoms with Gasteiger partial charge in [0.05, 0.1) is 0 Å². The van der Waals surface area contributed by atoms with Gasteiger partial charge in [0, 0.05) is 18.6 Å². The van der Waals surface area contributed by atoms with Crippen molar-refractivity contribution in [1.29, 1.82) is 0 Å². The Labute approximate surface area is 133 Å². The molecule has 2 atom stereocenters. The average Bonchev–Trinajstić information content (AvgIpc) is 2.45. The highest BCUT2D eigenvalue weighted by molar-refractivity contribution is 5.65. The van der Waals surface area contributed by atoms with E-state index in [0.717, 1.165) is 24.8 Å². The Bertz CT molecular complexity index is 499. The normalized spacial score (nSPS) is 24.2. The van der Waals surface area contributed by atoms with Crippen LogP contribution < -0.4 is 0 Å². The molecule has 1 amide bonds. The summed E-state index contributed by atoms with van der Waals surface area (Å²) in [6.45, 7) is 4.87. The van der Waals surface area contributed by atoms with Gasteiger partial charge in [0.25, 0.3) is 0 Å². The van der Waals surface area contributed by atoms with Crippen LogP contribution in [0.4, 0.5) is 4.79 Å². The number of hydrogen-bond acceptors (Lipinski definition) is 2. The number of rotatable bonds is 4. The smallest absolute Gasteiger partial charge is 0.407 e. The predicted molar refractivity (Wildman–Crippen MR) is 88.9 cm³/mol. The molecular formula is C18H28N2O2. The van der Waals surface area contributed by atoms with Crippen LogP contribution in [0.25, 0.3) is 0 Å². The minimum atomic E-state index is -0.815. The summed E-state index contributed by atoms with van der Waals surface area (Å²) < 4.78 is 0. The first-order chi connectivity index (χ1) is 10.3. The van der Waals surface area contributed by atoms with Crippen LogP contribution in [0.2, 0.25) is 0 Å². The van der Waals surface area contributed by atoms with E-state index >= 15 is 0 Å². The molecule has 2 rings (SSSR count). The lowest BCUT2D eigenvalue weighted by Crippen LogP contribution is -2.53. The molecule has 0 spiro atoms. The molecule has 1 aromatic rings. The number of carboxylic acid groups (broad SMARTS) is 1. The highest BCUT2D eigenvalue weighted by atomic mass is 16.4. The molecule has 0 heterocycles. The molecule has 1 saturated carbocycles. The van der Waals surface area contributed by atoms with E-state index in [1.165, 1.54) is 0 Å². The van der Waals surface area contributed by atoms with Gasteiger partial charge in [0.2, 0.25) is 0 Å². The summed E-state index contributed by atoms with van der Waals surface area (Å²) in [4.78, 5) is 15.7. The van der Waals surface area contributed by atoms with Crippen LogP contribution in [0.3, 0.4) is 0 Å². The van der Waals surface area contributed by atoms with Gasteiger partial charge in [-0.05, 0) is 44.3 Å². The van der Waals surface area contributed by atoms with Crippen LogP contribution in [0.15, 0.2) is 30.3 Å². The summed E-state index contributed by atoms with van der Waals surface area (Å²) in [5.41, 5.74) is 1.04.